The first-order chi connectivity index (χ1) is 20.4. The second-order valence-corrected chi connectivity index (χ2v) is 10.3. The molecule has 0 spiro atoms. The Hall–Kier alpha value is -4.69. The third-order valence-corrected chi connectivity index (χ3v) is 7.16. The first-order valence-corrected chi connectivity index (χ1v) is 13.4. The Bertz CT molecular complexity index is 1470. The van der Waals surface area contributed by atoms with E-state index in [1.165, 1.54) is 42.3 Å². The first kappa shape index (κ1) is 31.3. The molecule has 12 nitrogen and oxygen atoms in total. The lowest BCUT2D eigenvalue weighted by Gasteiger charge is -2.39. The predicted molar refractivity (Wildman–Crippen MR) is 153 cm³/mol. The molecule has 0 aromatic heterocycles. The minimum atomic E-state index is -1.67. The van der Waals surface area contributed by atoms with Gasteiger partial charge in [0.2, 0.25) is 6.23 Å². The zero-order chi connectivity index (χ0) is 31.4. The first-order valence-electron chi connectivity index (χ1n) is 13.4. The van der Waals surface area contributed by atoms with Gasteiger partial charge in [-0.25, -0.2) is 19.2 Å². The lowest BCUT2D eigenvalue weighted by molar-refractivity contribution is -0.138. The quantitative estimate of drug-likeness (QED) is 0.202. The number of amidine groups is 1. The average molecular weight is 601 g/mol. The SMILES string of the molecule is CNN1C(Oc2cccc(C(=O)N(C)C)c2)=C(F)C(C2CCN(CC(=O)O)CC2)=C(F)C1Oc1cc(C(=N)N)ccc1O. The second-order valence-electron chi connectivity index (χ2n) is 10.3. The van der Waals surface area contributed by atoms with Crippen LogP contribution in [0.1, 0.15) is 28.8 Å². The van der Waals surface area contributed by atoms with Gasteiger partial charge >= 0.3 is 5.97 Å². The van der Waals surface area contributed by atoms with Crippen LogP contribution in [0.25, 0.3) is 0 Å². The van der Waals surface area contributed by atoms with Crippen molar-refractivity contribution >= 4 is 17.7 Å². The number of ether oxygens (including phenoxy) is 2. The standard InChI is InChI=1S/C29H34F2N6O6/c1-34-37-28(42-19-6-4-5-18(13-19)27(41)35(2)3)24(30)23(16-9-11-36(12-10-16)15-22(39)40)25(31)29(37)43-21-14-17(26(32)33)7-8-20(21)38/h4-8,13-14,16,29,34,38H,9-12,15H2,1-3H3,(H3,32,33)(H,39,40). The molecule has 1 saturated heterocycles. The molecular weight excluding hydrogens is 566 g/mol. The number of phenols is 1. The number of nitrogens with one attached hydrogen (secondary N) is 2. The van der Waals surface area contributed by atoms with Crippen molar-refractivity contribution in [1.29, 1.82) is 5.41 Å². The van der Waals surface area contributed by atoms with E-state index >= 15 is 8.78 Å². The normalized spacial score (nSPS) is 18.1. The minimum absolute atomic E-state index is 0.0937. The van der Waals surface area contributed by atoms with Crippen molar-refractivity contribution in [3.05, 3.63) is 76.7 Å². The number of amides is 1. The number of aromatic hydroxyl groups is 1. The van der Waals surface area contributed by atoms with Crippen LogP contribution in [-0.2, 0) is 4.79 Å². The number of likely N-dealkylation sites (tertiary alicyclic amines) is 1. The summed E-state index contributed by atoms with van der Waals surface area (Å²) in [5.41, 5.74) is 8.45. The Kier molecular flexibility index (Phi) is 9.51. The number of carbonyl (C=O) groups excluding carboxylic acids is 1. The van der Waals surface area contributed by atoms with Gasteiger partial charge in [-0.1, -0.05) is 6.07 Å². The molecule has 1 atom stereocenters. The van der Waals surface area contributed by atoms with E-state index in [1.807, 2.05) is 0 Å². The van der Waals surface area contributed by atoms with Crippen molar-refractivity contribution in [2.75, 3.05) is 40.8 Å². The summed E-state index contributed by atoms with van der Waals surface area (Å²) in [6.45, 7) is 0.414. The van der Waals surface area contributed by atoms with Gasteiger partial charge < -0.3 is 30.3 Å². The molecule has 2 aromatic rings. The lowest BCUT2D eigenvalue weighted by atomic mass is 9.86. The summed E-state index contributed by atoms with van der Waals surface area (Å²) in [5, 5.41) is 28.3. The number of nitrogen functional groups attached to an aromatic ring is 1. The van der Waals surface area contributed by atoms with Crippen LogP contribution >= 0.6 is 0 Å². The number of phenolic OH excluding ortho intramolecular Hbond substituents is 1. The van der Waals surface area contributed by atoms with E-state index in [2.05, 4.69) is 5.43 Å². The van der Waals surface area contributed by atoms with Crippen molar-refractivity contribution in [3.8, 4) is 17.2 Å². The summed E-state index contributed by atoms with van der Waals surface area (Å²) < 4.78 is 44.6. The molecule has 4 rings (SSSR count). The van der Waals surface area contributed by atoms with Gasteiger partial charge in [0.15, 0.2) is 23.2 Å². The smallest absolute Gasteiger partial charge is 0.317 e. The molecule has 2 heterocycles. The number of aliphatic carboxylic acids is 1. The highest BCUT2D eigenvalue weighted by atomic mass is 19.1. The summed E-state index contributed by atoms with van der Waals surface area (Å²) in [5.74, 6) is -5.20. The molecule has 0 radical (unpaired) electrons. The summed E-state index contributed by atoms with van der Waals surface area (Å²) >= 11 is 0. The number of benzene rings is 2. The maximum Gasteiger partial charge on any atom is 0.317 e. The van der Waals surface area contributed by atoms with E-state index in [0.29, 0.717) is 13.1 Å². The number of carboxylic acids is 1. The maximum absolute atomic E-state index is 16.4. The van der Waals surface area contributed by atoms with Gasteiger partial charge in [0, 0.05) is 37.8 Å². The number of hydrogen-bond acceptors (Lipinski definition) is 9. The minimum Gasteiger partial charge on any atom is -0.504 e. The molecular formula is C29H34F2N6O6. The molecule has 2 aliphatic heterocycles. The van der Waals surface area contributed by atoms with Gasteiger partial charge in [0.1, 0.15) is 11.6 Å². The maximum atomic E-state index is 16.4. The number of allylic oxidation sites excluding steroid dienone is 2. The Balaban J connectivity index is 1.77. The molecule has 230 valence electrons. The summed E-state index contributed by atoms with van der Waals surface area (Å²) in [7, 11) is 4.57. The number of piperidine rings is 1. The van der Waals surface area contributed by atoms with Crippen LogP contribution in [0.2, 0.25) is 0 Å². The molecule has 14 heteroatoms. The number of halogens is 2. The molecule has 2 aromatic carbocycles. The topological polar surface area (TPSA) is 165 Å². The van der Waals surface area contributed by atoms with Crippen LogP contribution in [-0.4, -0.2) is 89.7 Å². The highest BCUT2D eigenvalue weighted by molar-refractivity contribution is 5.95. The number of nitrogens with zero attached hydrogens (tertiary/aromatic N) is 3. The summed E-state index contributed by atoms with van der Waals surface area (Å²) in [6, 6.07) is 9.95. The predicted octanol–water partition coefficient (Wildman–Crippen LogP) is 2.77. The largest absolute Gasteiger partial charge is 0.504 e. The third-order valence-electron chi connectivity index (χ3n) is 7.16. The van der Waals surface area contributed by atoms with Gasteiger partial charge in [0.05, 0.1) is 6.54 Å². The van der Waals surface area contributed by atoms with Crippen molar-refractivity contribution in [1.82, 2.24) is 20.2 Å². The number of hydrazine groups is 1. The number of carbonyl (C=O) groups is 2. The van der Waals surface area contributed by atoms with Crippen LogP contribution in [0.3, 0.4) is 0 Å². The van der Waals surface area contributed by atoms with Crippen molar-refractivity contribution in [2.24, 2.45) is 11.7 Å². The van der Waals surface area contributed by atoms with E-state index in [-0.39, 0.29) is 65.1 Å². The average Bonchev–Trinajstić information content (AvgIpc) is 2.96. The molecule has 6 N–H and O–H groups in total. The molecule has 0 aliphatic carbocycles. The monoisotopic (exact) mass is 600 g/mol. The molecule has 2 aliphatic rings. The summed E-state index contributed by atoms with van der Waals surface area (Å²) in [4.78, 5) is 26.8. The Morgan fingerprint density at radius 1 is 1.14 bits per heavy atom. The Morgan fingerprint density at radius 2 is 1.84 bits per heavy atom. The van der Waals surface area contributed by atoms with Crippen LogP contribution in [0.15, 0.2) is 65.6 Å². The van der Waals surface area contributed by atoms with Crippen molar-refractivity contribution in [3.63, 3.8) is 0 Å². The fourth-order valence-electron chi connectivity index (χ4n) is 5.00. The molecule has 1 fully saturated rings. The van der Waals surface area contributed by atoms with Crippen LogP contribution in [0.4, 0.5) is 8.78 Å². The van der Waals surface area contributed by atoms with Gasteiger partial charge in [-0.3, -0.25) is 19.9 Å². The highest BCUT2D eigenvalue weighted by Gasteiger charge is 2.43. The number of hydrogen-bond donors (Lipinski definition) is 5. The molecule has 0 bridgehead atoms. The molecule has 43 heavy (non-hydrogen) atoms. The summed E-state index contributed by atoms with van der Waals surface area (Å²) in [6.07, 6.45) is -1.15. The van der Waals surface area contributed by atoms with Gasteiger partial charge in [-0.15, -0.1) is 0 Å². The van der Waals surface area contributed by atoms with Gasteiger partial charge in [-0.2, -0.15) is 0 Å². The third kappa shape index (κ3) is 6.87. The van der Waals surface area contributed by atoms with E-state index in [4.69, 9.17) is 25.7 Å². The fraction of sp³-hybridized carbons (Fsp3) is 0.345. The zero-order valence-corrected chi connectivity index (χ0v) is 23.9. The number of rotatable bonds is 10. The van der Waals surface area contributed by atoms with Gasteiger partial charge in [0.25, 0.3) is 11.8 Å². The molecule has 0 saturated carbocycles. The van der Waals surface area contributed by atoms with Crippen LogP contribution in [0.5, 0.6) is 17.2 Å². The van der Waals surface area contributed by atoms with E-state index < -0.39 is 35.7 Å². The molecule has 1 amide bonds. The zero-order valence-electron chi connectivity index (χ0n) is 23.9. The van der Waals surface area contributed by atoms with E-state index in [0.717, 1.165) is 5.01 Å². The Morgan fingerprint density at radius 3 is 2.44 bits per heavy atom. The van der Waals surface area contributed by atoms with Crippen LogP contribution < -0.4 is 20.6 Å². The van der Waals surface area contributed by atoms with Crippen LogP contribution in [0, 0.1) is 11.3 Å². The highest BCUT2D eigenvalue weighted by Crippen LogP contribution is 2.42. The second kappa shape index (κ2) is 13.1. The van der Waals surface area contributed by atoms with E-state index in [1.54, 1.807) is 31.1 Å². The molecule has 1 unspecified atom stereocenters. The van der Waals surface area contributed by atoms with Crippen molar-refractivity contribution < 1.29 is 38.1 Å². The Labute approximate surface area is 247 Å². The number of nitrogens with two attached hydrogens (primary N) is 1. The number of carboxylic acid groups (broad SMARTS) is 1. The van der Waals surface area contributed by atoms with E-state index in [9.17, 15) is 14.7 Å². The lowest BCUT2D eigenvalue weighted by Crippen LogP contribution is -2.51. The van der Waals surface area contributed by atoms with Gasteiger partial charge in [-0.05, 0) is 68.2 Å². The fourth-order valence-corrected chi connectivity index (χ4v) is 5.00. The van der Waals surface area contributed by atoms with Crippen molar-refractivity contribution in [2.45, 2.75) is 19.1 Å².